The van der Waals surface area contributed by atoms with Crippen molar-refractivity contribution in [2.45, 2.75) is 13.8 Å². The van der Waals surface area contributed by atoms with Gasteiger partial charge in [0.2, 0.25) is 0 Å². The van der Waals surface area contributed by atoms with Gasteiger partial charge in [-0.3, -0.25) is 4.79 Å². The molecule has 2 rings (SSSR count). The monoisotopic (exact) mass is 321 g/mol. The summed E-state index contributed by atoms with van der Waals surface area (Å²) in [4.78, 5) is 34.7. The molecule has 22 heavy (non-hydrogen) atoms. The molecule has 0 saturated carbocycles. The molecule has 0 amide bonds. The van der Waals surface area contributed by atoms with E-state index >= 15 is 0 Å². The predicted molar refractivity (Wildman–Crippen MR) is 79.2 cm³/mol. The summed E-state index contributed by atoms with van der Waals surface area (Å²) < 4.78 is 4.49. The summed E-state index contributed by atoms with van der Waals surface area (Å²) in [6.07, 6.45) is 0. The molecule has 0 unspecified atom stereocenters. The molecule has 1 aliphatic heterocycles. The van der Waals surface area contributed by atoms with Gasteiger partial charge in [-0.1, -0.05) is 17.7 Å². The van der Waals surface area contributed by atoms with Crippen molar-refractivity contribution in [3.05, 3.63) is 51.9 Å². The van der Waals surface area contributed by atoms with Gasteiger partial charge in [0.05, 0.1) is 0 Å². The number of Topliss-reactive ketones (excluding diaryl/α,β-unsaturated/α-hetero) is 1. The zero-order valence-corrected chi connectivity index (χ0v) is 12.5. The molecule has 6 nitrogen and oxygen atoms in total. The van der Waals surface area contributed by atoms with Crippen molar-refractivity contribution in [2.24, 2.45) is 0 Å². The van der Waals surface area contributed by atoms with Gasteiger partial charge in [0, 0.05) is 16.4 Å². The van der Waals surface area contributed by atoms with Crippen LogP contribution in [0.1, 0.15) is 13.8 Å². The molecular formula is C15H12ClNO5. The summed E-state index contributed by atoms with van der Waals surface area (Å²) in [5.41, 5.74) is -0.0398. The van der Waals surface area contributed by atoms with Gasteiger partial charge in [0.25, 0.3) is 0 Å². The summed E-state index contributed by atoms with van der Waals surface area (Å²) in [7, 11) is 0. The van der Waals surface area contributed by atoms with Crippen LogP contribution in [0.3, 0.4) is 0 Å². The van der Waals surface area contributed by atoms with Crippen molar-refractivity contribution in [1.29, 1.82) is 0 Å². The van der Waals surface area contributed by atoms with Gasteiger partial charge in [0.1, 0.15) is 16.9 Å². The standard InChI is InChI=1S/C15H12ClNO5/c1-7(17-10-5-3-4-9(16)6-10)11-13(19)12(8(2)18)15(21)22-14(11)20/h3-6,17,19H,1-2H3. The first-order chi connectivity index (χ1) is 10.3. The number of benzene rings is 1. The van der Waals surface area contributed by atoms with Crippen molar-refractivity contribution < 1.29 is 24.2 Å². The first kappa shape index (κ1) is 15.8. The first-order valence-corrected chi connectivity index (χ1v) is 6.63. The second-order valence-electron chi connectivity index (χ2n) is 4.59. The topological polar surface area (TPSA) is 92.7 Å². The third kappa shape index (κ3) is 3.01. The number of hydrogen-bond donors (Lipinski definition) is 2. The molecule has 0 spiro atoms. The van der Waals surface area contributed by atoms with E-state index in [2.05, 4.69) is 10.1 Å². The van der Waals surface area contributed by atoms with Crippen LogP contribution in [0, 0.1) is 0 Å². The van der Waals surface area contributed by atoms with Gasteiger partial charge >= 0.3 is 11.9 Å². The molecule has 0 fully saturated rings. The van der Waals surface area contributed by atoms with Gasteiger partial charge in [-0.05, 0) is 32.0 Å². The number of ketones is 1. The third-order valence-electron chi connectivity index (χ3n) is 2.95. The summed E-state index contributed by atoms with van der Waals surface area (Å²) >= 11 is 5.86. The number of carbonyl (C=O) groups is 3. The Balaban J connectivity index is 2.49. The maximum atomic E-state index is 11.8. The number of ether oxygens (including phenoxy) is 1. The van der Waals surface area contributed by atoms with Crippen LogP contribution in [0.5, 0.6) is 0 Å². The van der Waals surface area contributed by atoms with E-state index < -0.39 is 29.1 Å². The van der Waals surface area contributed by atoms with Crippen molar-refractivity contribution in [3.8, 4) is 0 Å². The highest BCUT2D eigenvalue weighted by Gasteiger charge is 2.36. The minimum atomic E-state index is -1.16. The van der Waals surface area contributed by atoms with Crippen LogP contribution in [0.15, 0.2) is 46.9 Å². The molecule has 114 valence electrons. The number of aliphatic hydroxyl groups excluding tert-OH is 1. The number of allylic oxidation sites excluding steroid dienone is 1. The van der Waals surface area contributed by atoms with Crippen LogP contribution in [-0.4, -0.2) is 22.8 Å². The number of carbonyl (C=O) groups excluding carboxylic acids is 3. The predicted octanol–water partition coefficient (Wildman–Crippen LogP) is 2.51. The molecule has 7 heteroatoms. The summed E-state index contributed by atoms with van der Waals surface area (Å²) in [5.74, 6) is -3.57. The van der Waals surface area contributed by atoms with Crippen molar-refractivity contribution in [1.82, 2.24) is 0 Å². The van der Waals surface area contributed by atoms with Crippen molar-refractivity contribution in [3.63, 3.8) is 0 Å². The van der Waals surface area contributed by atoms with E-state index in [-0.39, 0.29) is 11.3 Å². The van der Waals surface area contributed by atoms with E-state index in [4.69, 9.17) is 11.6 Å². The highest BCUT2D eigenvalue weighted by molar-refractivity contribution is 6.30. The maximum absolute atomic E-state index is 11.8. The van der Waals surface area contributed by atoms with Gasteiger partial charge in [0.15, 0.2) is 5.78 Å². The SMILES string of the molecule is CC(=O)C1=C(O)C(=C(C)Nc2cccc(Cl)c2)C(=O)OC1=O. The number of hydrogen-bond acceptors (Lipinski definition) is 6. The zero-order valence-electron chi connectivity index (χ0n) is 11.8. The normalized spacial score (nSPS) is 17.2. The van der Waals surface area contributed by atoms with E-state index in [9.17, 15) is 19.5 Å². The fourth-order valence-corrected chi connectivity index (χ4v) is 2.18. The van der Waals surface area contributed by atoms with Gasteiger partial charge < -0.3 is 15.2 Å². The highest BCUT2D eigenvalue weighted by Crippen LogP contribution is 2.26. The molecule has 1 aromatic carbocycles. The number of rotatable bonds is 3. The van der Waals surface area contributed by atoms with Crippen LogP contribution >= 0.6 is 11.6 Å². The molecule has 1 aromatic rings. The lowest BCUT2D eigenvalue weighted by molar-refractivity contribution is -0.155. The van der Waals surface area contributed by atoms with Crippen molar-refractivity contribution >= 4 is 35.0 Å². The Morgan fingerprint density at radius 2 is 1.91 bits per heavy atom. The minimum Gasteiger partial charge on any atom is -0.506 e. The van der Waals surface area contributed by atoms with Gasteiger partial charge in [-0.2, -0.15) is 0 Å². The highest BCUT2D eigenvalue weighted by atomic mass is 35.5. The Kier molecular flexibility index (Phi) is 4.32. The van der Waals surface area contributed by atoms with Crippen LogP contribution < -0.4 is 5.32 Å². The van der Waals surface area contributed by atoms with E-state index in [1.807, 2.05) is 0 Å². The van der Waals surface area contributed by atoms with E-state index in [0.29, 0.717) is 10.7 Å². The summed E-state index contributed by atoms with van der Waals surface area (Å²) in [5, 5.41) is 13.4. The Hall–Kier alpha value is -2.60. The van der Waals surface area contributed by atoms with Gasteiger partial charge in [-0.15, -0.1) is 0 Å². The Morgan fingerprint density at radius 1 is 1.23 bits per heavy atom. The number of anilines is 1. The molecule has 0 saturated heterocycles. The van der Waals surface area contributed by atoms with E-state index in [1.54, 1.807) is 24.3 Å². The minimum absolute atomic E-state index is 0.219. The third-order valence-corrected chi connectivity index (χ3v) is 3.19. The molecule has 0 bridgehead atoms. The second-order valence-corrected chi connectivity index (χ2v) is 5.03. The van der Waals surface area contributed by atoms with Crippen LogP contribution in [0.25, 0.3) is 0 Å². The largest absolute Gasteiger partial charge is 0.506 e. The lowest BCUT2D eigenvalue weighted by Gasteiger charge is -2.18. The molecule has 1 heterocycles. The van der Waals surface area contributed by atoms with Gasteiger partial charge in [-0.25, -0.2) is 9.59 Å². The van der Waals surface area contributed by atoms with E-state index in [0.717, 1.165) is 6.92 Å². The maximum Gasteiger partial charge on any atom is 0.353 e. The second kappa shape index (κ2) is 6.03. The summed E-state index contributed by atoms with van der Waals surface area (Å²) in [6.45, 7) is 2.60. The Morgan fingerprint density at radius 3 is 2.50 bits per heavy atom. The van der Waals surface area contributed by atoms with Crippen LogP contribution in [-0.2, 0) is 19.1 Å². The molecule has 0 aromatic heterocycles. The number of esters is 2. The fourth-order valence-electron chi connectivity index (χ4n) is 1.99. The smallest absolute Gasteiger partial charge is 0.353 e. The van der Waals surface area contributed by atoms with Crippen molar-refractivity contribution in [2.75, 3.05) is 5.32 Å². The average molecular weight is 322 g/mol. The molecule has 0 atom stereocenters. The number of nitrogens with one attached hydrogen (secondary N) is 1. The molecule has 0 radical (unpaired) electrons. The zero-order chi connectivity index (χ0) is 16.4. The van der Waals surface area contributed by atoms with Crippen LogP contribution in [0.2, 0.25) is 5.02 Å². The Labute approximate surface area is 131 Å². The molecule has 1 aliphatic rings. The molecule has 0 aliphatic carbocycles. The van der Waals surface area contributed by atoms with E-state index in [1.165, 1.54) is 6.92 Å². The molecular weight excluding hydrogens is 310 g/mol. The first-order valence-electron chi connectivity index (χ1n) is 6.25. The number of cyclic esters (lactones) is 2. The lowest BCUT2D eigenvalue weighted by atomic mass is 10.0. The quantitative estimate of drug-likeness (QED) is 0.384. The fraction of sp³-hybridized carbons (Fsp3) is 0.133. The molecule has 2 N–H and O–H groups in total. The lowest BCUT2D eigenvalue weighted by Crippen LogP contribution is -2.29. The van der Waals surface area contributed by atoms with Crippen LogP contribution in [0.4, 0.5) is 5.69 Å². The number of halogens is 1. The average Bonchev–Trinajstić information content (AvgIpc) is 2.37. The Bertz CT molecular complexity index is 748. The number of aliphatic hydroxyl groups is 1. The summed E-state index contributed by atoms with van der Waals surface area (Å²) in [6, 6.07) is 6.68.